The van der Waals surface area contributed by atoms with Crippen LogP contribution in [0, 0.1) is 0 Å². The van der Waals surface area contributed by atoms with Crippen molar-refractivity contribution in [3.63, 3.8) is 0 Å². The number of nitrogens with one attached hydrogen (secondary N) is 2. The molecule has 0 radical (unpaired) electrons. The van der Waals surface area contributed by atoms with Crippen LogP contribution >= 0.6 is 11.8 Å². The van der Waals surface area contributed by atoms with Crippen LogP contribution in [-0.4, -0.2) is 41.0 Å². The Bertz CT molecular complexity index is 703. The van der Waals surface area contributed by atoms with Gasteiger partial charge in [-0.15, -0.1) is 0 Å². The van der Waals surface area contributed by atoms with Gasteiger partial charge in [0.1, 0.15) is 13.2 Å². The van der Waals surface area contributed by atoms with E-state index in [0.29, 0.717) is 19.3 Å². The predicted molar refractivity (Wildman–Crippen MR) is 96.8 cm³/mol. The van der Waals surface area contributed by atoms with Crippen molar-refractivity contribution in [1.82, 2.24) is 15.5 Å². The summed E-state index contributed by atoms with van der Waals surface area (Å²) in [6.45, 7) is 2.06. The number of ether oxygens (including phenoxy) is 2. The van der Waals surface area contributed by atoms with Gasteiger partial charge in [0.15, 0.2) is 11.5 Å². The van der Waals surface area contributed by atoms with E-state index in [1.165, 1.54) is 24.8 Å². The highest BCUT2D eigenvalue weighted by Gasteiger charge is 2.24. The molecule has 2 atom stereocenters. The average molecular weight is 345 g/mol. The molecule has 1 aliphatic carbocycles. The average Bonchev–Trinajstić information content (AvgIpc) is 3.28. The van der Waals surface area contributed by atoms with Crippen molar-refractivity contribution >= 4 is 11.8 Å². The predicted octanol–water partition coefficient (Wildman–Crippen LogP) is 3.22. The zero-order chi connectivity index (χ0) is 16.4. The minimum atomic E-state index is 0.603. The minimum absolute atomic E-state index is 0.603. The van der Waals surface area contributed by atoms with Gasteiger partial charge in [0.25, 0.3) is 0 Å². The lowest BCUT2D eigenvalue weighted by atomic mass is 10.1. The van der Waals surface area contributed by atoms with E-state index in [1.807, 2.05) is 30.1 Å². The van der Waals surface area contributed by atoms with Crippen LogP contribution in [0.5, 0.6) is 11.5 Å². The van der Waals surface area contributed by atoms with Gasteiger partial charge in [-0.1, -0.05) is 0 Å². The van der Waals surface area contributed by atoms with Crippen molar-refractivity contribution in [2.24, 2.45) is 0 Å². The van der Waals surface area contributed by atoms with Gasteiger partial charge >= 0.3 is 0 Å². The zero-order valence-electron chi connectivity index (χ0n) is 13.9. The van der Waals surface area contributed by atoms with Crippen molar-refractivity contribution in [3.8, 4) is 22.8 Å². The van der Waals surface area contributed by atoms with Crippen LogP contribution in [0.2, 0.25) is 0 Å². The number of hydrogen-bond donors (Lipinski definition) is 2. The van der Waals surface area contributed by atoms with Crippen LogP contribution in [0.1, 0.15) is 24.8 Å². The summed E-state index contributed by atoms with van der Waals surface area (Å²) in [5, 5.41) is 11.9. The summed E-state index contributed by atoms with van der Waals surface area (Å²) in [4.78, 5) is 0. The van der Waals surface area contributed by atoms with Crippen molar-refractivity contribution in [2.75, 3.05) is 19.5 Å². The number of nitrogens with zero attached hydrogens (tertiary/aromatic N) is 1. The van der Waals surface area contributed by atoms with E-state index in [9.17, 15) is 0 Å². The largest absolute Gasteiger partial charge is 0.486 e. The van der Waals surface area contributed by atoms with Crippen LogP contribution in [-0.2, 0) is 6.54 Å². The highest BCUT2D eigenvalue weighted by molar-refractivity contribution is 7.99. The molecular weight excluding hydrogens is 322 g/mol. The Hall–Kier alpha value is -1.66. The third kappa shape index (κ3) is 3.26. The molecule has 24 heavy (non-hydrogen) atoms. The molecule has 2 aromatic rings. The number of benzene rings is 1. The quantitative estimate of drug-likeness (QED) is 0.871. The van der Waals surface area contributed by atoms with Crippen LogP contribution in [0.25, 0.3) is 11.3 Å². The summed E-state index contributed by atoms with van der Waals surface area (Å²) in [7, 11) is 0. The lowest BCUT2D eigenvalue weighted by molar-refractivity contribution is 0.171. The lowest BCUT2D eigenvalue weighted by Crippen LogP contribution is -2.26. The molecule has 4 rings (SSSR count). The topological polar surface area (TPSA) is 59.2 Å². The molecule has 0 spiro atoms. The van der Waals surface area contributed by atoms with Gasteiger partial charge in [-0.05, 0) is 43.7 Å². The Morgan fingerprint density at radius 2 is 2.12 bits per heavy atom. The maximum atomic E-state index is 5.69. The maximum absolute atomic E-state index is 5.69. The summed E-state index contributed by atoms with van der Waals surface area (Å²) < 4.78 is 11.3. The first-order valence-corrected chi connectivity index (χ1v) is 9.80. The Morgan fingerprint density at radius 1 is 1.25 bits per heavy atom. The van der Waals surface area contributed by atoms with Crippen molar-refractivity contribution in [2.45, 2.75) is 37.1 Å². The molecule has 0 saturated heterocycles. The first-order chi connectivity index (χ1) is 11.8. The first kappa shape index (κ1) is 15.8. The molecule has 1 fully saturated rings. The van der Waals surface area contributed by atoms with Gasteiger partial charge in [-0.3, -0.25) is 5.10 Å². The number of fused-ring (bicyclic) bond motifs is 1. The number of rotatable bonds is 5. The summed E-state index contributed by atoms with van der Waals surface area (Å²) in [6.07, 6.45) is 7.98. The second-order valence-corrected chi connectivity index (χ2v) is 7.52. The first-order valence-electron chi connectivity index (χ1n) is 8.52. The molecular formula is C18H23N3O2S. The molecule has 1 saturated carbocycles. The van der Waals surface area contributed by atoms with Crippen molar-refractivity contribution in [3.05, 3.63) is 30.0 Å². The highest BCUT2D eigenvalue weighted by Crippen LogP contribution is 2.35. The monoisotopic (exact) mass is 345 g/mol. The Labute approximate surface area is 146 Å². The molecule has 128 valence electrons. The van der Waals surface area contributed by atoms with Gasteiger partial charge in [-0.2, -0.15) is 16.9 Å². The third-order valence-corrected chi connectivity index (χ3v) is 5.94. The van der Waals surface area contributed by atoms with Gasteiger partial charge in [0.05, 0.1) is 11.9 Å². The molecule has 2 heterocycles. The SMILES string of the molecule is CS[C@@H]1CC[C@@H](NCc2cn[nH]c2-c2ccc3c(c2)OCCO3)C1. The summed E-state index contributed by atoms with van der Waals surface area (Å²) in [5.74, 6) is 1.63. The van der Waals surface area contributed by atoms with Gasteiger partial charge < -0.3 is 14.8 Å². The number of hydrogen-bond acceptors (Lipinski definition) is 5. The second kappa shape index (κ2) is 7.07. The third-order valence-electron chi connectivity index (χ3n) is 4.85. The smallest absolute Gasteiger partial charge is 0.162 e. The molecule has 1 aromatic heterocycles. The second-order valence-electron chi connectivity index (χ2n) is 6.38. The Kier molecular flexibility index (Phi) is 4.67. The fourth-order valence-corrected chi connectivity index (χ4v) is 4.28. The minimum Gasteiger partial charge on any atom is -0.486 e. The van der Waals surface area contributed by atoms with Crippen molar-refractivity contribution in [1.29, 1.82) is 0 Å². The van der Waals surface area contributed by atoms with Gasteiger partial charge in [-0.25, -0.2) is 0 Å². The Balaban J connectivity index is 1.46. The number of aromatic amines is 1. The molecule has 1 aromatic carbocycles. The molecule has 2 N–H and O–H groups in total. The summed E-state index contributed by atoms with van der Waals surface area (Å²) in [6, 6.07) is 6.68. The van der Waals surface area contributed by atoms with Gasteiger partial charge in [0.2, 0.25) is 0 Å². The molecule has 6 heteroatoms. The maximum Gasteiger partial charge on any atom is 0.162 e. The van der Waals surface area contributed by atoms with Crippen LogP contribution in [0.15, 0.2) is 24.4 Å². The summed E-state index contributed by atoms with van der Waals surface area (Å²) in [5.41, 5.74) is 3.33. The molecule has 0 amide bonds. The van der Waals surface area contributed by atoms with Gasteiger partial charge in [0, 0.05) is 29.0 Å². The number of thioether (sulfide) groups is 1. The normalized spacial score (nSPS) is 22.7. The summed E-state index contributed by atoms with van der Waals surface area (Å²) >= 11 is 1.99. The standard InChI is InChI=1S/C18H23N3O2S/c1-24-15-4-3-14(9-15)19-10-13-11-20-21-18(13)12-2-5-16-17(8-12)23-7-6-22-16/h2,5,8,11,14-15,19H,3-4,6-7,9-10H2,1H3,(H,20,21)/t14-,15-/m1/s1. The molecule has 1 aliphatic heterocycles. The highest BCUT2D eigenvalue weighted by atomic mass is 32.2. The van der Waals surface area contributed by atoms with E-state index in [-0.39, 0.29) is 0 Å². The van der Waals surface area contributed by atoms with Crippen LogP contribution in [0.4, 0.5) is 0 Å². The zero-order valence-corrected chi connectivity index (χ0v) is 14.7. The molecule has 2 aliphatic rings. The fraction of sp³-hybridized carbons (Fsp3) is 0.500. The fourth-order valence-electron chi connectivity index (χ4n) is 3.49. The van der Waals surface area contributed by atoms with Crippen molar-refractivity contribution < 1.29 is 9.47 Å². The van der Waals surface area contributed by atoms with E-state index < -0.39 is 0 Å². The van der Waals surface area contributed by atoms with E-state index in [1.54, 1.807) is 0 Å². The molecule has 0 unspecified atom stereocenters. The molecule has 5 nitrogen and oxygen atoms in total. The number of aromatic nitrogens is 2. The van der Waals surface area contributed by atoms with Crippen LogP contribution in [0.3, 0.4) is 0 Å². The lowest BCUT2D eigenvalue weighted by Gasteiger charge is -2.19. The van der Waals surface area contributed by atoms with E-state index >= 15 is 0 Å². The van der Waals surface area contributed by atoms with E-state index in [2.05, 4.69) is 27.8 Å². The number of H-pyrrole nitrogens is 1. The van der Waals surface area contributed by atoms with E-state index in [0.717, 1.165) is 34.6 Å². The van der Waals surface area contributed by atoms with Crippen LogP contribution < -0.4 is 14.8 Å². The Morgan fingerprint density at radius 3 is 2.96 bits per heavy atom. The van der Waals surface area contributed by atoms with E-state index in [4.69, 9.17) is 9.47 Å². The molecule has 0 bridgehead atoms.